The van der Waals surface area contributed by atoms with Crippen molar-refractivity contribution in [2.24, 2.45) is 5.73 Å². The first-order valence-electron chi connectivity index (χ1n) is 5.46. The average molecular weight is 255 g/mol. The molecule has 0 aliphatic carbocycles. The second-order valence-electron chi connectivity index (χ2n) is 3.75. The van der Waals surface area contributed by atoms with Gasteiger partial charge in [-0.15, -0.1) is 11.3 Å². The first-order chi connectivity index (χ1) is 8.06. The van der Waals surface area contributed by atoms with Crippen LogP contribution in [0, 0.1) is 0 Å². The molecule has 0 aliphatic rings. The van der Waals surface area contributed by atoms with Gasteiger partial charge in [0.05, 0.1) is 12.2 Å². The minimum Gasteiger partial charge on any atom is -0.397 e. The molecule has 6 heteroatoms. The number of carbonyl (C=O) groups excluding carboxylic acids is 2. The number of unbranched alkanes of at least 4 members (excludes halogenated alkanes) is 1. The SMILES string of the molecule is CCCCN(CC(N)=O)C(=O)c1sccc1N. The molecule has 0 bridgehead atoms. The summed E-state index contributed by atoms with van der Waals surface area (Å²) in [5.41, 5.74) is 11.3. The molecule has 0 atom stereocenters. The normalized spacial score (nSPS) is 10.2. The van der Waals surface area contributed by atoms with Crippen molar-refractivity contribution in [2.75, 3.05) is 18.8 Å². The lowest BCUT2D eigenvalue weighted by Gasteiger charge is -2.20. The summed E-state index contributed by atoms with van der Waals surface area (Å²) in [5, 5.41) is 1.75. The van der Waals surface area contributed by atoms with Crippen LogP contribution in [-0.2, 0) is 4.79 Å². The highest BCUT2D eigenvalue weighted by atomic mass is 32.1. The van der Waals surface area contributed by atoms with Crippen LogP contribution in [-0.4, -0.2) is 29.8 Å². The van der Waals surface area contributed by atoms with Crippen molar-refractivity contribution in [3.8, 4) is 0 Å². The van der Waals surface area contributed by atoms with E-state index in [0.717, 1.165) is 12.8 Å². The minimum absolute atomic E-state index is 0.0594. The van der Waals surface area contributed by atoms with E-state index in [1.807, 2.05) is 6.92 Å². The second kappa shape index (κ2) is 6.24. The molecule has 0 radical (unpaired) electrons. The van der Waals surface area contributed by atoms with Gasteiger partial charge in [-0.2, -0.15) is 0 Å². The lowest BCUT2D eigenvalue weighted by molar-refractivity contribution is -0.118. The van der Waals surface area contributed by atoms with E-state index in [2.05, 4.69) is 0 Å². The average Bonchev–Trinajstić information content (AvgIpc) is 2.69. The predicted octanol–water partition coefficient (Wildman–Crippen LogP) is 1.06. The van der Waals surface area contributed by atoms with Gasteiger partial charge in [0.1, 0.15) is 4.88 Å². The van der Waals surface area contributed by atoms with E-state index in [9.17, 15) is 9.59 Å². The van der Waals surface area contributed by atoms with Gasteiger partial charge in [0.2, 0.25) is 5.91 Å². The molecule has 0 saturated heterocycles. The van der Waals surface area contributed by atoms with Crippen LogP contribution in [0.1, 0.15) is 29.4 Å². The van der Waals surface area contributed by atoms with Gasteiger partial charge in [-0.3, -0.25) is 9.59 Å². The summed E-state index contributed by atoms with van der Waals surface area (Å²) in [4.78, 5) is 25.0. The van der Waals surface area contributed by atoms with Crippen LogP contribution in [0.4, 0.5) is 5.69 Å². The van der Waals surface area contributed by atoms with Crippen molar-refractivity contribution in [2.45, 2.75) is 19.8 Å². The number of nitrogens with zero attached hydrogens (tertiary/aromatic N) is 1. The van der Waals surface area contributed by atoms with Gasteiger partial charge in [0.15, 0.2) is 0 Å². The molecule has 5 nitrogen and oxygen atoms in total. The van der Waals surface area contributed by atoms with E-state index < -0.39 is 5.91 Å². The number of thiophene rings is 1. The van der Waals surface area contributed by atoms with E-state index in [1.54, 1.807) is 11.4 Å². The summed E-state index contributed by atoms with van der Waals surface area (Å²) >= 11 is 1.28. The maximum Gasteiger partial charge on any atom is 0.266 e. The number of hydrogen-bond donors (Lipinski definition) is 2. The van der Waals surface area contributed by atoms with Gasteiger partial charge < -0.3 is 16.4 Å². The standard InChI is InChI=1S/C11H17N3O2S/c1-2-3-5-14(7-9(13)15)11(16)10-8(12)4-6-17-10/h4,6H,2-3,5,7,12H2,1H3,(H2,13,15). The quantitative estimate of drug-likeness (QED) is 0.796. The van der Waals surface area contributed by atoms with E-state index in [-0.39, 0.29) is 12.5 Å². The maximum atomic E-state index is 12.1. The molecule has 0 aromatic carbocycles. The number of rotatable bonds is 6. The Bertz CT molecular complexity index is 403. The Labute approximate surface area is 104 Å². The predicted molar refractivity (Wildman–Crippen MR) is 68.7 cm³/mol. The summed E-state index contributed by atoms with van der Waals surface area (Å²) < 4.78 is 0. The summed E-state index contributed by atoms with van der Waals surface area (Å²) in [6.07, 6.45) is 1.78. The molecule has 1 rings (SSSR count). The van der Waals surface area contributed by atoms with Gasteiger partial charge in [-0.1, -0.05) is 13.3 Å². The van der Waals surface area contributed by atoms with E-state index >= 15 is 0 Å². The van der Waals surface area contributed by atoms with Crippen molar-refractivity contribution in [1.29, 1.82) is 0 Å². The molecule has 0 aliphatic heterocycles. The Kier molecular flexibility index (Phi) is 4.96. The van der Waals surface area contributed by atoms with Gasteiger partial charge in [0.25, 0.3) is 5.91 Å². The van der Waals surface area contributed by atoms with E-state index in [0.29, 0.717) is 17.1 Å². The Morgan fingerprint density at radius 3 is 2.65 bits per heavy atom. The molecule has 94 valence electrons. The third-order valence-electron chi connectivity index (χ3n) is 2.31. The van der Waals surface area contributed by atoms with Gasteiger partial charge in [0, 0.05) is 6.54 Å². The first kappa shape index (κ1) is 13.5. The molecule has 0 saturated carbocycles. The van der Waals surface area contributed by atoms with E-state index in [4.69, 9.17) is 11.5 Å². The highest BCUT2D eigenvalue weighted by Gasteiger charge is 2.20. The van der Waals surface area contributed by atoms with Crippen molar-refractivity contribution in [3.63, 3.8) is 0 Å². The summed E-state index contributed by atoms with van der Waals surface area (Å²) in [6.45, 7) is 2.48. The van der Waals surface area contributed by atoms with Crippen molar-refractivity contribution in [3.05, 3.63) is 16.3 Å². The molecule has 17 heavy (non-hydrogen) atoms. The third kappa shape index (κ3) is 3.74. The fourth-order valence-electron chi connectivity index (χ4n) is 1.43. The number of nitrogen functional groups attached to an aromatic ring is 1. The summed E-state index contributed by atoms with van der Waals surface area (Å²) in [5.74, 6) is -0.727. The fraction of sp³-hybridized carbons (Fsp3) is 0.455. The van der Waals surface area contributed by atoms with Crippen LogP contribution >= 0.6 is 11.3 Å². The number of hydrogen-bond acceptors (Lipinski definition) is 4. The zero-order valence-electron chi connectivity index (χ0n) is 9.81. The van der Waals surface area contributed by atoms with Crippen molar-refractivity contribution >= 4 is 28.8 Å². The number of amides is 2. The van der Waals surface area contributed by atoms with Crippen LogP contribution < -0.4 is 11.5 Å². The summed E-state index contributed by atoms with van der Waals surface area (Å²) in [6, 6.07) is 1.68. The third-order valence-corrected chi connectivity index (χ3v) is 3.22. The topological polar surface area (TPSA) is 89.4 Å². The van der Waals surface area contributed by atoms with Crippen molar-refractivity contribution in [1.82, 2.24) is 4.90 Å². The van der Waals surface area contributed by atoms with Gasteiger partial charge in [-0.25, -0.2) is 0 Å². The zero-order chi connectivity index (χ0) is 12.8. The molecule has 1 heterocycles. The zero-order valence-corrected chi connectivity index (χ0v) is 10.6. The largest absolute Gasteiger partial charge is 0.397 e. The molecule has 0 spiro atoms. The fourth-order valence-corrected chi connectivity index (χ4v) is 2.21. The van der Waals surface area contributed by atoms with E-state index in [1.165, 1.54) is 16.2 Å². The molecular weight excluding hydrogens is 238 g/mol. The Morgan fingerprint density at radius 2 is 2.18 bits per heavy atom. The van der Waals surface area contributed by atoms with Crippen LogP contribution in [0.2, 0.25) is 0 Å². The number of carbonyl (C=O) groups is 2. The van der Waals surface area contributed by atoms with Crippen LogP contribution in [0.3, 0.4) is 0 Å². The van der Waals surface area contributed by atoms with Crippen molar-refractivity contribution < 1.29 is 9.59 Å². The smallest absolute Gasteiger partial charge is 0.266 e. The second-order valence-corrected chi connectivity index (χ2v) is 4.67. The molecule has 4 N–H and O–H groups in total. The summed E-state index contributed by atoms with van der Waals surface area (Å²) in [7, 11) is 0. The van der Waals surface area contributed by atoms with Crippen LogP contribution in [0.25, 0.3) is 0 Å². The van der Waals surface area contributed by atoms with Gasteiger partial charge >= 0.3 is 0 Å². The minimum atomic E-state index is -0.510. The highest BCUT2D eigenvalue weighted by molar-refractivity contribution is 7.12. The molecule has 1 aromatic rings. The maximum absolute atomic E-state index is 12.1. The Morgan fingerprint density at radius 1 is 1.47 bits per heavy atom. The number of primary amides is 1. The van der Waals surface area contributed by atoms with Gasteiger partial charge in [-0.05, 0) is 17.9 Å². The molecule has 0 fully saturated rings. The highest BCUT2D eigenvalue weighted by Crippen LogP contribution is 2.20. The molecule has 1 aromatic heterocycles. The first-order valence-corrected chi connectivity index (χ1v) is 6.34. The lowest BCUT2D eigenvalue weighted by atomic mass is 10.3. The Hall–Kier alpha value is -1.56. The molecule has 2 amide bonds. The number of nitrogens with two attached hydrogens (primary N) is 2. The lowest BCUT2D eigenvalue weighted by Crippen LogP contribution is -2.39. The molecular formula is C11H17N3O2S. The monoisotopic (exact) mass is 255 g/mol. The van der Waals surface area contributed by atoms with Crippen LogP contribution in [0.5, 0.6) is 0 Å². The Balaban J connectivity index is 2.78. The number of anilines is 1. The van der Waals surface area contributed by atoms with Crippen LogP contribution in [0.15, 0.2) is 11.4 Å². The molecule has 0 unspecified atom stereocenters.